The predicted octanol–water partition coefficient (Wildman–Crippen LogP) is 4.04. The third-order valence-corrected chi connectivity index (χ3v) is 5.75. The van der Waals surface area contributed by atoms with Crippen molar-refractivity contribution in [3.8, 4) is 5.75 Å². The van der Waals surface area contributed by atoms with Gasteiger partial charge >= 0.3 is 0 Å². The Kier molecular flexibility index (Phi) is 5.73. The number of nitrogens with zero attached hydrogens (tertiary/aromatic N) is 2. The normalized spacial score (nSPS) is 11.3. The third-order valence-electron chi connectivity index (χ3n) is 3.95. The fraction of sp³-hybridized carbons (Fsp3) is 0.105. The highest BCUT2D eigenvalue weighted by Gasteiger charge is 2.33. The van der Waals surface area contributed by atoms with Gasteiger partial charge in [-0.25, -0.2) is 30.9 Å². The van der Waals surface area contributed by atoms with E-state index in [1.54, 1.807) is 12.1 Å². The number of halogens is 4. The van der Waals surface area contributed by atoms with Crippen LogP contribution < -0.4 is 9.04 Å². The van der Waals surface area contributed by atoms with Gasteiger partial charge in [0.2, 0.25) is 5.95 Å². The number of aromatic nitrogens is 1. The molecular formula is C19H14F4N2O3S. The zero-order valence-corrected chi connectivity index (χ0v) is 15.8. The van der Waals surface area contributed by atoms with Gasteiger partial charge in [0.05, 0.1) is 13.7 Å². The summed E-state index contributed by atoms with van der Waals surface area (Å²) in [5.74, 6) is -5.38. The highest BCUT2D eigenvalue weighted by Crippen LogP contribution is 2.29. The van der Waals surface area contributed by atoms with Crippen molar-refractivity contribution in [2.24, 2.45) is 0 Å². The van der Waals surface area contributed by atoms with Crippen LogP contribution in [0.5, 0.6) is 5.75 Å². The van der Waals surface area contributed by atoms with Crippen LogP contribution in [0.2, 0.25) is 0 Å². The summed E-state index contributed by atoms with van der Waals surface area (Å²) < 4.78 is 86.9. The molecule has 0 bridgehead atoms. The second-order valence-electron chi connectivity index (χ2n) is 5.88. The number of anilines is 1. The molecule has 1 heterocycles. The topological polar surface area (TPSA) is 59.5 Å². The molecular weight excluding hydrogens is 412 g/mol. The van der Waals surface area contributed by atoms with Crippen molar-refractivity contribution in [2.75, 3.05) is 11.4 Å². The maximum Gasteiger partial charge on any atom is 0.271 e. The average Bonchev–Trinajstić information content (AvgIpc) is 2.65. The van der Waals surface area contributed by atoms with Gasteiger partial charge in [0.1, 0.15) is 29.0 Å². The van der Waals surface area contributed by atoms with E-state index in [4.69, 9.17) is 4.74 Å². The molecule has 0 aliphatic rings. The van der Waals surface area contributed by atoms with Gasteiger partial charge in [0.25, 0.3) is 10.0 Å². The molecule has 0 saturated carbocycles. The molecule has 0 N–H and O–H groups in total. The first kappa shape index (κ1) is 20.6. The molecule has 0 saturated heterocycles. The summed E-state index contributed by atoms with van der Waals surface area (Å²) in [5.41, 5.74) is 0.406. The Morgan fingerprint density at radius 2 is 1.59 bits per heavy atom. The minimum atomic E-state index is -4.91. The molecule has 0 amide bonds. The van der Waals surface area contributed by atoms with E-state index in [2.05, 4.69) is 4.98 Å². The number of benzene rings is 2. The van der Waals surface area contributed by atoms with Crippen LogP contribution in [0.4, 0.5) is 23.4 Å². The van der Waals surface area contributed by atoms with Gasteiger partial charge in [-0.15, -0.1) is 0 Å². The maximum atomic E-state index is 14.2. The molecule has 152 valence electrons. The Bertz CT molecular complexity index is 1120. The van der Waals surface area contributed by atoms with E-state index >= 15 is 0 Å². The molecule has 0 aliphatic carbocycles. The number of sulfonamides is 1. The van der Waals surface area contributed by atoms with E-state index < -0.39 is 50.7 Å². The van der Waals surface area contributed by atoms with Crippen molar-refractivity contribution >= 4 is 15.8 Å². The molecule has 0 aliphatic heterocycles. The van der Waals surface area contributed by atoms with E-state index in [1.807, 2.05) is 0 Å². The fourth-order valence-corrected chi connectivity index (χ4v) is 4.11. The molecule has 1 aromatic heterocycles. The highest BCUT2D eigenvalue weighted by molar-refractivity contribution is 7.92. The van der Waals surface area contributed by atoms with Crippen LogP contribution in [-0.4, -0.2) is 20.5 Å². The lowest BCUT2D eigenvalue weighted by Crippen LogP contribution is -2.33. The fourth-order valence-electron chi connectivity index (χ4n) is 2.61. The predicted molar refractivity (Wildman–Crippen MR) is 96.9 cm³/mol. The zero-order valence-electron chi connectivity index (χ0n) is 14.9. The quantitative estimate of drug-likeness (QED) is 0.441. The highest BCUT2D eigenvalue weighted by atomic mass is 32.2. The van der Waals surface area contributed by atoms with Gasteiger partial charge in [-0.2, -0.15) is 4.39 Å². The first-order valence-corrected chi connectivity index (χ1v) is 9.59. The largest absolute Gasteiger partial charge is 0.497 e. The maximum absolute atomic E-state index is 14.2. The van der Waals surface area contributed by atoms with Crippen molar-refractivity contribution in [1.82, 2.24) is 4.98 Å². The lowest BCUT2D eigenvalue weighted by atomic mass is 10.2. The monoisotopic (exact) mass is 426 g/mol. The Morgan fingerprint density at radius 3 is 2.14 bits per heavy atom. The number of hydrogen-bond donors (Lipinski definition) is 0. The van der Waals surface area contributed by atoms with Gasteiger partial charge in [-0.05, 0) is 29.8 Å². The third kappa shape index (κ3) is 4.32. The van der Waals surface area contributed by atoms with Gasteiger partial charge in [0.15, 0.2) is 4.90 Å². The van der Waals surface area contributed by atoms with Gasteiger partial charge in [0, 0.05) is 12.1 Å². The molecule has 10 heteroatoms. The molecule has 0 fully saturated rings. The number of hydrogen-bond acceptors (Lipinski definition) is 4. The van der Waals surface area contributed by atoms with Gasteiger partial charge in [-0.1, -0.05) is 18.2 Å². The Morgan fingerprint density at radius 1 is 0.966 bits per heavy atom. The smallest absolute Gasteiger partial charge is 0.271 e. The molecule has 0 spiro atoms. The Balaban J connectivity index is 2.14. The molecule has 29 heavy (non-hydrogen) atoms. The molecule has 0 radical (unpaired) electrons. The second kappa shape index (κ2) is 8.08. The van der Waals surface area contributed by atoms with Crippen molar-refractivity contribution in [3.63, 3.8) is 0 Å². The number of methoxy groups -OCH3 is 1. The van der Waals surface area contributed by atoms with Crippen molar-refractivity contribution in [2.45, 2.75) is 11.4 Å². The van der Waals surface area contributed by atoms with E-state index in [0.29, 0.717) is 15.6 Å². The van der Waals surface area contributed by atoms with Crippen LogP contribution in [0.3, 0.4) is 0 Å². The van der Waals surface area contributed by atoms with Crippen LogP contribution >= 0.6 is 0 Å². The SMILES string of the molecule is COc1ccc(CN(c2cccc(F)n2)S(=O)(=O)c2c(F)cc(F)cc2F)cc1. The summed E-state index contributed by atoms with van der Waals surface area (Å²) in [6.07, 6.45) is 0. The number of rotatable bonds is 6. The van der Waals surface area contributed by atoms with E-state index in [1.165, 1.54) is 31.4 Å². The van der Waals surface area contributed by atoms with Gasteiger partial charge in [-0.3, -0.25) is 0 Å². The van der Waals surface area contributed by atoms with Crippen molar-refractivity contribution < 1.29 is 30.7 Å². The minimum absolute atomic E-state index is 0.251. The van der Waals surface area contributed by atoms with Crippen molar-refractivity contribution in [1.29, 1.82) is 0 Å². The second-order valence-corrected chi connectivity index (χ2v) is 7.68. The van der Waals surface area contributed by atoms with E-state index in [0.717, 1.165) is 6.07 Å². The molecule has 3 aromatic rings. The number of ether oxygens (including phenoxy) is 1. The summed E-state index contributed by atoms with van der Waals surface area (Å²) in [6, 6.07) is 10.0. The average molecular weight is 426 g/mol. The molecule has 2 aromatic carbocycles. The van der Waals surface area contributed by atoms with Crippen LogP contribution in [0.25, 0.3) is 0 Å². The summed E-state index contributed by atoms with van der Waals surface area (Å²) in [5, 5.41) is 0. The minimum Gasteiger partial charge on any atom is -0.497 e. The standard InChI is InChI=1S/C19H14F4N2O3S/c1-28-14-7-5-12(6-8-14)11-25(18-4-2-3-17(23)24-18)29(26,27)19-15(21)9-13(20)10-16(19)22/h2-10H,11H2,1H3. The van der Waals surface area contributed by atoms with Crippen molar-refractivity contribution in [3.05, 3.63) is 83.6 Å². The summed E-state index contributed by atoms with van der Waals surface area (Å²) >= 11 is 0. The summed E-state index contributed by atoms with van der Waals surface area (Å²) in [4.78, 5) is 2.15. The zero-order chi connectivity index (χ0) is 21.2. The molecule has 5 nitrogen and oxygen atoms in total. The molecule has 0 atom stereocenters. The van der Waals surface area contributed by atoms with Gasteiger partial charge < -0.3 is 4.74 Å². The van der Waals surface area contributed by atoms with Crippen LogP contribution in [0.1, 0.15) is 5.56 Å². The lowest BCUT2D eigenvalue weighted by Gasteiger charge is -2.24. The van der Waals surface area contributed by atoms with E-state index in [9.17, 15) is 26.0 Å². The van der Waals surface area contributed by atoms with Crippen LogP contribution in [0, 0.1) is 23.4 Å². The first-order valence-electron chi connectivity index (χ1n) is 8.15. The summed E-state index contributed by atoms with van der Waals surface area (Å²) in [7, 11) is -3.46. The van der Waals surface area contributed by atoms with Crippen LogP contribution in [-0.2, 0) is 16.6 Å². The molecule has 3 rings (SSSR count). The number of pyridine rings is 1. The first-order chi connectivity index (χ1) is 13.7. The Hall–Kier alpha value is -3.14. The Labute approximate surface area is 164 Å². The van der Waals surface area contributed by atoms with Crippen LogP contribution in [0.15, 0.2) is 59.5 Å². The van der Waals surface area contributed by atoms with E-state index in [-0.39, 0.29) is 12.1 Å². The molecule has 0 unspecified atom stereocenters. The summed E-state index contributed by atoms with van der Waals surface area (Å²) in [6.45, 7) is -0.418. The lowest BCUT2D eigenvalue weighted by molar-refractivity contribution is 0.414.